The summed E-state index contributed by atoms with van der Waals surface area (Å²) in [4.78, 5) is 0. The van der Waals surface area contributed by atoms with Gasteiger partial charge in [0.05, 0.1) is 18.4 Å². The van der Waals surface area contributed by atoms with Gasteiger partial charge in [-0.25, -0.2) is 9.07 Å². The van der Waals surface area contributed by atoms with E-state index in [0.29, 0.717) is 6.54 Å². The lowest BCUT2D eigenvalue weighted by molar-refractivity contribution is 0.627. The van der Waals surface area contributed by atoms with Gasteiger partial charge in [0, 0.05) is 11.3 Å². The molecule has 0 saturated heterocycles. The molecule has 2 N–H and O–H groups in total. The average Bonchev–Trinajstić information content (AvgIpc) is 2.90. The van der Waals surface area contributed by atoms with Gasteiger partial charge in [0.25, 0.3) is 0 Å². The maximum atomic E-state index is 13.0. The molecule has 20 heavy (non-hydrogen) atoms. The van der Waals surface area contributed by atoms with Crippen LogP contribution >= 0.6 is 0 Å². The Kier molecular flexibility index (Phi) is 3.16. The number of halogens is 1. The summed E-state index contributed by atoms with van der Waals surface area (Å²) in [5.41, 5.74) is 9.20. The third-order valence-electron chi connectivity index (χ3n) is 3.07. The smallest absolute Gasteiger partial charge is 0.123 e. The number of nitrogens with zero attached hydrogens (tertiary/aromatic N) is 3. The largest absolute Gasteiger partial charge is 0.399 e. The Labute approximate surface area is 115 Å². The molecule has 3 aromatic rings. The van der Waals surface area contributed by atoms with Crippen molar-refractivity contribution in [1.82, 2.24) is 15.0 Å². The molecule has 0 radical (unpaired) electrons. The summed E-state index contributed by atoms with van der Waals surface area (Å²) in [5, 5.41) is 8.00. The molecule has 3 rings (SSSR count). The maximum Gasteiger partial charge on any atom is 0.123 e. The highest BCUT2D eigenvalue weighted by atomic mass is 19.1. The molecule has 0 aliphatic carbocycles. The first-order chi connectivity index (χ1) is 9.72. The van der Waals surface area contributed by atoms with Crippen LogP contribution in [0.15, 0.2) is 54.7 Å². The lowest BCUT2D eigenvalue weighted by Gasteiger charge is -2.07. The van der Waals surface area contributed by atoms with E-state index in [1.54, 1.807) is 23.0 Å². The van der Waals surface area contributed by atoms with Gasteiger partial charge in [-0.05, 0) is 42.0 Å². The van der Waals surface area contributed by atoms with Crippen molar-refractivity contribution < 1.29 is 4.39 Å². The van der Waals surface area contributed by atoms with Gasteiger partial charge in [0.15, 0.2) is 0 Å². The lowest BCUT2D eigenvalue weighted by Crippen LogP contribution is -2.04. The fraction of sp³-hybridized carbons (Fsp3) is 0.0667. The van der Waals surface area contributed by atoms with E-state index < -0.39 is 0 Å². The van der Waals surface area contributed by atoms with E-state index in [2.05, 4.69) is 10.3 Å². The van der Waals surface area contributed by atoms with Gasteiger partial charge in [-0.15, -0.1) is 5.10 Å². The molecule has 5 heteroatoms. The minimum Gasteiger partial charge on any atom is -0.399 e. The Hall–Kier alpha value is -2.69. The van der Waals surface area contributed by atoms with Gasteiger partial charge in [0.1, 0.15) is 5.82 Å². The van der Waals surface area contributed by atoms with E-state index in [1.807, 2.05) is 24.3 Å². The number of aromatic nitrogens is 3. The summed E-state index contributed by atoms with van der Waals surface area (Å²) >= 11 is 0. The minimum absolute atomic E-state index is 0.258. The van der Waals surface area contributed by atoms with Gasteiger partial charge in [-0.1, -0.05) is 17.3 Å². The van der Waals surface area contributed by atoms with Crippen molar-refractivity contribution in [3.05, 3.63) is 66.1 Å². The normalized spacial score (nSPS) is 10.7. The number of hydrogen-bond acceptors (Lipinski definition) is 3. The highest BCUT2D eigenvalue weighted by Gasteiger charge is 2.07. The summed E-state index contributed by atoms with van der Waals surface area (Å²) in [7, 11) is 0. The van der Waals surface area contributed by atoms with Crippen LogP contribution in [0.4, 0.5) is 10.1 Å². The van der Waals surface area contributed by atoms with Crippen LogP contribution in [0.1, 0.15) is 5.56 Å². The highest BCUT2D eigenvalue weighted by Crippen LogP contribution is 2.19. The van der Waals surface area contributed by atoms with Crippen LogP contribution < -0.4 is 5.73 Å². The molecule has 1 aromatic heterocycles. The molecule has 0 aliphatic heterocycles. The van der Waals surface area contributed by atoms with Gasteiger partial charge in [0.2, 0.25) is 0 Å². The van der Waals surface area contributed by atoms with Crippen LogP contribution in [-0.2, 0) is 6.54 Å². The Morgan fingerprint density at radius 2 is 1.70 bits per heavy atom. The van der Waals surface area contributed by atoms with E-state index in [0.717, 1.165) is 22.5 Å². The SMILES string of the molecule is Nc1ccc(Cn2nncc2-c2ccc(F)cc2)cc1. The third-order valence-corrected chi connectivity index (χ3v) is 3.07. The van der Waals surface area contributed by atoms with Crippen LogP contribution in [-0.4, -0.2) is 15.0 Å². The van der Waals surface area contributed by atoms with Crippen molar-refractivity contribution >= 4 is 5.69 Å². The molecule has 0 bridgehead atoms. The van der Waals surface area contributed by atoms with E-state index in [4.69, 9.17) is 5.73 Å². The molecule has 1 heterocycles. The first-order valence-electron chi connectivity index (χ1n) is 6.21. The number of benzene rings is 2. The first kappa shape index (κ1) is 12.3. The molecule has 0 amide bonds. The van der Waals surface area contributed by atoms with Crippen LogP contribution in [0.2, 0.25) is 0 Å². The number of nitrogen functional groups attached to an aromatic ring is 1. The predicted octanol–water partition coefficient (Wildman–Crippen LogP) is 2.71. The lowest BCUT2D eigenvalue weighted by atomic mass is 10.1. The highest BCUT2D eigenvalue weighted by molar-refractivity contribution is 5.58. The zero-order valence-corrected chi connectivity index (χ0v) is 10.7. The van der Waals surface area contributed by atoms with Crippen LogP contribution in [0, 0.1) is 5.82 Å². The van der Waals surface area contributed by atoms with Crippen LogP contribution in [0.5, 0.6) is 0 Å². The number of hydrogen-bond donors (Lipinski definition) is 1. The molecule has 100 valence electrons. The second-order valence-electron chi connectivity index (χ2n) is 4.53. The van der Waals surface area contributed by atoms with Crippen molar-refractivity contribution in [1.29, 1.82) is 0 Å². The van der Waals surface area contributed by atoms with Crippen molar-refractivity contribution in [2.24, 2.45) is 0 Å². The van der Waals surface area contributed by atoms with Gasteiger partial charge in [-0.2, -0.15) is 0 Å². The fourth-order valence-corrected chi connectivity index (χ4v) is 2.01. The molecule has 4 nitrogen and oxygen atoms in total. The molecule has 0 unspecified atom stereocenters. The average molecular weight is 268 g/mol. The molecule has 0 saturated carbocycles. The van der Waals surface area contributed by atoms with Crippen molar-refractivity contribution in [3.8, 4) is 11.3 Å². The summed E-state index contributed by atoms with van der Waals surface area (Å²) in [6, 6.07) is 13.9. The molecular weight excluding hydrogens is 255 g/mol. The molecular formula is C15H13FN4. The zero-order chi connectivity index (χ0) is 13.9. The summed E-state index contributed by atoms with van der Waals surface area (Å²) in [5.74, 6) is -0.258. The Balaban J connectivity index is 1.90. The number of anilines is 1. The van der Waals surface area contributed by atoms with Crippen molar-refractivity contribution in [3.63, 3.8) is 0 Å². The van der Waals surface area contributed by atoms with E-state index in [9.17, 15) is 4.39 Å². The van der Waals surface area contributed by atoms with Crippen molar-refractivity contribution in [2.45, 2.75) is 6.54 Å². The Morgan fingerprint density at radius 1 is 1.00 bits per heavy atom. The summed E-state index contributed by atoms with van der Waals surface area (Å²) in [6.07, 6.45) is 1.67. The first-order valence-corrected chi connectivity index (χ1v) is 6.21. The van der Waals surface area contributed by atoms with Gasteiger partial charge >= 0.3 is 0 Å². The molecule has 0 atom stereocenters. The maximum absolute atomic E-state index is 13.0. The Morgan fingerprint density at radius 3 is 2.40 bits per heavy atom. The van der Waals surface area contributed by atoms with E-state index in [-0.39, 0.29) is 5.82 Å². The predicted molar refractivity (Wildman–Crippen MR) is 75.4 cm³/mol. The standard InChI is InChI=1S/C15H13FN4/c16-13-5-3-12(4-6-13)15-9-18-19-20(15)10-11-1-7-14(17)8-2-11/h1-9H,10,17H2. The second-order valence-corrected chi connectivity index (χ2v) is 4.53. The van der Waals surface area contributed by atoms with Crippen LogP contribution in [0.25, 0.3) is 11.3 Å². The quantitative estimate of drug-likeness (QED) is 0.743. The molecule has 2 aromatic carbocycles. The van der Waals surface area contributed by atoms with E-state index in [1.165, 1.54) is 12.1 Å². The Bertz CT molecular complexity index is 701. The minimum atomic E-state index is -0.258. The van der Waals surface area contributed by atoms with Crippen molar-refractivity contribution in [2.75, 3.05) is 5.73 Å². The van der Waals surface area contributed by atoms with Crippen LogP contribution in [0.3, 0.4) is 0 Å². The number of nitrogens with two attached hydrogens (primary N) is 1. The van der Waals surface area contributed by atoms with E-state index >= 15 is 0 Å². The monoisotopic (exact) mass is 268 g/mol. The summed E-state index contributed by atoms with van der Waals surface area (Å²) in [6.45, 7) is 0.590. The fourth-order valence-electron chi connectivity index (χ4n) is 2.01. The van der Waals surface area contributed by atoms with Gasteiger partial charge in [-0.3, -0.25) is 0 Å². The second kappa shape index (κ2) is 5.13. The molecule has 0 fully saturated rings. The number of rotatable bonds is 3. The third kappa shape index (κ3) is 2.51. The molecule has 0 aliphatic rings. The molecule has 0 spiro atoms. The van der Waals surface area contributed by atoms with Gasteiger partial charge < -0.3 is 5.73 Å². The topological polar surface area (TPSA) is 56.7 Å². The zero-order valence-electron chi connectivity index (χ0n) is 10.7. The summed E-state index contributed by atoms with van der Waals surface area (Å²) < 4.78 is 14.7.